The van der Waals surface area contributed by atoms with Crippen LogP contribution in [-0.4, -0.2) is 10.9 Å². The molecule has 0 aliphatic heterocycles. The van der Waals surface area contributed by atoms with E-state index in [1.807, 2.05) is 30.3 Å². The highest BCUT2D eigenvalue weighted by atomic mass is 16.3. The Balaban J connectivity index is 2.18. The van der Waals surface area contributed by atoms with E-state index in [1.54, 1.807) is 6.07 Å². The zero-order valence-electron chi connectivity index (χ0n) is 9.26. The Kier molecular flexibility index (Phi) is 3.10. The topological polar surface area (TPSA) is 63.3 Å². The van der Waals surface area contributed by atoms with Gasteiger partial charge in [0.05, 0.1) is 5.69 Å². The molecule has 2 rings (SSSR count). The van der Waals surface area contributed by atoms with Gasteiger partial charge in [0.25, 0.3) is 0 Å². The third-order valence-electron chi connectivity index (χ3n) is 2.56. The fourth-order valence-electron chi connectivity index (χ4n) is 1.60. The molecule has 2 aromatic carbocycles. The number of benzene rings is 2. The summed E-state index contributed by atoms with van der Waals surface area (Å²) in [6, 6.07) is 14.0. The molecule has 0 saturated heterocycles. The van der Waals surface area contributed by atoms with E-state index in [1.165, 1.54) is 12.1 Å². The van der Waals surface area contributed by atoms with Gasteiger partial charge in [0.15, 0.2) is 5.78 Å². The van der Waals surface area contributed by atoms with E-state index >= 15 is 0 Å². The molecule has 0 atom stereocenters. The number of aromatic hydroxyl groups is 1. The summed E-state index contributed by atoms with van der Waals surface area (Å²) in [6.07, 6.45) is 0.324. The number of phenols is 1. The minimum Gasteiger partial charge on any atom is -0.506 e. The van der Waals surface area contributed by atoms with Crippen molar-refractivity contribution in [2.24, 2.45) is 0 Å². The standard InChI is InChI=1S/C14H13NO2/c15-12-7-6-11(9-14(12)17)13(16)8-10-4-2-1-3-5-10/h1-7,9,17H,8,15H2. The molecule has 2 aromatic rings. The number of nitrogens with two attached hydrogens (primary N) is 1. The van der Waals surface area contributed by atoms with Crippen molar-refractivity contribution < 1.29 is 9.90 Å². The first-order valence-electron chi connectivity index (χ1n) is 5.32. The third kappa shape index (κ3) is 2.64. The van der Waals surface area contributed by atoms with Gasteiger partial charge < -0.3 is 10.8 Å². The van der Waals surface area contributed by atoms with Crippen molar-refractivity contribution in [2.45, 2.75) is 6.42 Å². The molecule has 3 heteroatoms. The van der Waals surface area contributed by atoms with Crippen LogP contribution in [0.1, 0.15) is 15.9 Å². The predicted octanol–water partition coefficient (Wildman–Crippen LogP) is 2.40. The Labute approximate surface area is 99.5 Å². The molecule has 17 heavy (non-hydrogen) atoms. The predicted molar refractivity (Wildman–Crippen MR) is 67.0 cm³/mol. The zero-order chi connectivity index (χ0) is 12.3. The number of anilines is 1. The summed E-state index contributed by atoms with van der Waals surface area (Å²) in [5, 5.41) is 9.44. The monoisotopic (exact) mass is 227 g/mol. The number of hydrogen-bond acceptors (Lipinski definition) is 3. The molecule has 0 aromatic heterocycles. The Morgan fingerprint density at radius 3 is 2.47 bits per heavy atom. The van der Waals surface area contributed by atoms with Crippen molar-refractivity contribution in [3.05, 3.63) is 59.7 Å². The van der Waals surface area contributed by atoms with Crippen molar-refractivity contribution in [1.29, 1.82) is 0 Å². The van der Waals surface area contributed by atoms with Crippen molar-refractivity contribution in [3.8, 4) is 5.75 Å². The van der Waals surface area contributed by atoms with E-state index in [-0.39, 0.29) is 17.2 Å². The van der Waals surface area contributed by atoms with Crippen LogP contribution in [-0.2, 0) is 6.42 Å². The van der Waals surface area contributed by atoms with Gasteiger partial charge in [-0.25, -0.2) is 0 Å². The molecule has 0 saturated carbocycles. The van der Waals surface area contributed by atoms with Crippen LogP contribution in [0.3, 0.4) is 0 Å². The molecule has 0 amide bonds. The number of carbonyl (C=O) groups excluding carboxylic acids is 1. The van der Waals surface area contributed by atoms with E-state index in [2.05, 4.69) is 0 Å². The fraction of sp³-hybridized carbons (Fsp3) is 0.0714. The number of ketones is 1. The SMILES string of the molecule is Nc1ccc(C(=O)Cc2ccccc2)cc1O. The lowest BCUT2D eigenvalue weighted by atomic mass is 10.0. The quantitative estimate of drug-likeness (QED) is 0.481. The molecular weight excluding hydrogens is 214 g/mol. The summed E-state index contributed by atoms with van der Waals surface area (Å²) < 4.78 is 0. The van der Waals surface area contributed by atoms with Crippen LogP contribution >= 0.6 is 0 Å². The number of hydrogen-bond donors (Lipinski definition) is 2. The van der Waals surface area contributed by atoms with Gasteiger partial charge in [-0.15, -0.1) is 0 Å². The number of rotatable bonds is 3. The highest BCUT2D eigenvalue weighted by Crippen LogP contribution is 2.21. The normalized spacial score (nSPS) is 10.1. The Morgan fingerprint density at radius 1 is 1.12 bits per heavy atom. The Morgan fingerprint density at radius 2 is 1.82 bits per heavy atom. The lowest BCUT2D eigenvalue weighted by Gasteiger charge is -2.03. The molecule has 0 aliphatic carbocycles. The van der Waals surface area contributed by atoms with E-state index in [4.69, 9.17) is 5.73 Å². The van der Waals surface area contributed by atoms with Gasteiger partial charge in [-0.05, 0) is 23.8 Å². The largest absolute Gasteiger partial charge is 0.506 e. The van der Waals surface area contributed by atoms with Crippen LogP contribution in [0.4, 0.5) is 5.69 Å². The first-order chi connectivity index (χ1) is 8.16. The second-order valence-electron chi connectivity index (χ2n) is 3.86. The van der Waals surface area contributed by atoms with Crippen molar-refractivity contribution in [3.63, 3.8) is 0 Å². The maximum atomic E-state index is 11.9. The highest BCUT2D eigenvalue weighted by molar-refractivity contribution is 5.98. The van der Waals surface area contributed by atoms with Crippen LogP contribution in [0.15, 0.2) is 48.5 Å². The second-order valence-corrected chi connectivity index (χ2v) is 3.86. The number of Topliss-reactive ketones (excluding diaryl/α,β-unsaturated/α-hetero) is 1. The van der Waals surface area contributed by atoms with Crippen LogP contribution < -0.4 is 5.73 Å². The maximum Gasteiger partial charge on any atom is 0.167 e. The summed E-state index contributed by atoms with van der Waals surface area (Å²) in [5.41, 5.74) is 7.18. The van der Waals surface area contributed by atoms with Crippen molar-refractivity contribution >= 4 is 11.5 Å². The van der Waals surface area contributed by atoms with Gasteiger partial charge in [0.1, 0.15) is 5.75 Å². The second kappa shape index (κ2) is 4.70. The molecule has 0 spiro atoms. The smallest absolute Gasteiger partial charge is 0.167 e. The van der Waals surface area contributed by atoms with Gasteiger partial charge in [-0.3, -0.25) is 4.79 Å². The van der Waals surface area contributed by atoms with E-state index in [0.29, 0.717) is 12.0 Å². The third-order valence-corrected chi connectivity index (χ3v) is 2.56. The van der Waals surface area contributed by atoms with Gasteiger partial charge >= 0.3 is 0 Å². The van der Waals surface area contributed by atoms with Crippen molar-refractivity contribution in [1.82, 2.24) is 0 Å². The van der Waals surface area contributed by atoms with E-state index in [9.17, 15) is 9.90 Å². The van der Waals surface area contributed by atoms with Gasteiger partial charge in [0.2, 0.25) is 0 Å². The molecule has 86 valence electrons. The van der Waals surface area contributed by atoms with E-state index < -0.39 is 0 Å². The van der Waals surface area contributed by atoms with Gasteiger partial charge in [0, 0.05) is 12.0 Å². The first-order valence-corrected chi connectivity index (χ1v) is 5.32. The molecule has 3 nitrogen and oxygen atoms in total. The van der Waals surface area contributed by atoms with E-state index in [0.717, 1.165) is 5.56 Å². The summed E-state index contributed by atoms with van der Waals surface area (Å²) in [5.74, 6) is -0.0876. The summed E-state index contributed by atoms with van der Waals surface area (Å²) in [6.45, 7) is 0. The molecular formula is C14H13NO2. The van der Waals surface area contributed by atoms with Crippen LogP contribution in [0, 0.1) is 0 Å². The minimum atomic E-state index is -0.0519. The molecule has 3 N–H and O–H groups in total. The molecule has 0 heterocycles. The average Bonchev–Trinajstić information content (AvgIpc) is 2.34. The molecule has 0 aliphatic rings. The molecule has 0 unspecified atom stereocenters. The van der Waals surface area contributed by atoms with Gasteiger partial charge in [-0.2, -0.15) is 0 Å². The van der Waals surface area contributed by atoms with Gasteiger partial charge in [-0.1, -0.05) is 30.3 Å². The summed E-state index contributed by atoms with van der Waals surface area (Å²) >= 11 is 0. The minimum absolute atomic E-state index is 0.0356. The summed E-state index contributed by atoms with van der Waals surface area (Å²) in [7, 11) is 0. The fourth-order valence-corrected chi connectivity index (χ4v) is 1.60. The molecule has 0 radical (unpaired) electrons. The van der Waals surface area contributed by atoms with Crippen LogP contribution in [0.2, 0.25) is 0 Å². The van der Waals surface area contributed by atoms with Crippen molar-refractivity contribution in [2.75, 3.05) is 5.73 Å². The Bertz CT molecular complexity index is 535. The number of carbonyl (C=O) groups is 1. The molecule has 0 bridgehead atoms. The highest BCUT2D eigenvalue weighted by Gasteiger charge is 2.08. The number of nitrogen functional groups attached to an aromatic ring is 1. The average molecular weight is 227 g/mol. The Hall–Kier alpha value is -2.29. The van der Waals surface area contributed by atoms with Crippen LogP contribution in [0.5, 0.6) is 5.75 Å². The lowest BCUT2D eigenvalue weighted by molar-refractivity contribution is 0.0992. The zero-order valence-corrected chi connectivity index (χ0v) is 9.26. The summed E-state index contributed by atoms with van der Waals surface area (Å²) in [4.78, 5) is 11.9. The first kappa shape index (κ1) is 11.2. The molecule has 0 fully saturated rings. The maximum absolute atomic E-state index is 11.9. The lowest BCUT2D eigenvalue weighted by Crippen LogP contribution is -2.03. The number of phenolic OH excluding ortho intramolecular Hbond substituents is 1. The van der Waals surface area contributed by atoms with Crippen LogP contribution in [0.25, 0.3) is 0 Å².